The molecule has 0 saturated heterocycles. The molecule has 9 heteroatoms. The first-order valence-electron chi connectivity index (χ1n) is 10.1. The molecule has 1 unspecified atom stereocenters. The van der Waals surface area contributed by atoms with Gasteiger partial charge in [-0.3, -0.25) is 14.9 Å². The first-order valence-corrected chi connectivity index (χ1v) is 10.1. The average molecular weight is 432 g/mol. The van der Waals surface area contributed by atoms with E-state index in [1.807, 2.05) is 25.1 Å². The van der Waals surface area contributed by atoms with E-state index < -0.39 is 22.3 Å². The van der Waals surface area contributed by atoms with Crippen molar-refractivity contribution in [3.05, 3.63) is 57.9 Å². The summed E-state index contributed by atoms with van der Waals surface area (Å²) in [6.07, 6.45) is 4.62. The van der Waals surface area contributed by atoms with Crippen molar-refractivity contribution in [1.29, 1.82) is 0 Å². The van der Waals surface area contributed by atoms with Crippen LogP contribution in [0.3, 0.4) is 0 Å². The summed E-state index contributed by atoms with van der Waals surface area (Å²) in [6.45, 7) is 1.46. The molecule has 0 spiro atoms. The van der Waals surface area contributed by atoms with Crippen LogP contribution in [-0.2, 0) is 4.79 Å². The summed E-state index contributed by atoms with van der Waals surface area (Å²) in [6, 6.07) is 8.30. The highest BCUT2D eigenvalue weighted by atomic mass is 19.1. The van der Waals surface area contributed by atoms with Gasteiger partial charge in [-0.25, -0.2) is 0 Å². The number of benzene rings is 2. The monoisotopic (exact) mass is 432 g/mol. The molecule has 1 aliphatic carbocycles. The standard InChI is InChI=1S/C22H25FN2O6/c1-14(15-7-10-20(21(11-15)29-2)31-16-5-3-4-6-16)24-22(26)13-30-17-8-9-19(25(27)28)18(23)12-17/h7-12,14,16H,3-6,13H2,1-2H3,(H,24,26). The van der Waals surface area contributed by atoms with Crippen molar-refractivity contribution in [2.75, 3.05) is 13.7 Å². The number of nitrogens with zero attached hydrogens (tertiary/aromatic N) is 1. The SMILES string of the molecule is COc1cc(C(C)NC(=O)COc2ccc([N+](=O)[O-])c(F)c2)ccc1OC1CCCC1. The van der Waals surface area contributed by atoms with Gasteiger partial charge in [-0.05, 0) is 56.4 Å². The van der Waals surface area contributed by atoms with Crippen LogP contribution in [0.15, 0.2) is 36.4 Å². The number of halogens is 1. The summed E-state index contributed by atoms with van der Waals surface area (Å²) >= 11 is 0. The molecule has 0 aliphatic heterocycles. The van der Waals surface area contributed by atoms with Gasteiger partial charge in [0.1, 0.15) is 5.75 Å². The number of hydrogen-bond acceptors (Lipinski definition) is 6. The molecule has 0 aromatic heterocycles. The van der Waals surface area contributed by atoms with Crippen LogP contribution in [0.5, 0.6) is 17.2 Å². The number of nitro groups is 1. The van der Waals surface area contributed by atoms with Crippen LogP contribution in [0.1, 0.15) is 44.2 Å². The molecule has 3 rings (SSSR count). The number of nitro benzene ring substituents is 1. The molecule has 8 nitrogen and oxygen atoms in total. The van der Waals surface area contributed by atoms with Gasteiger partial charge in [-0.2, -0.15) is 4.39 Å². The number of amides is 1. The van der Waals surface area contributed by atoms with Gasteiger partial charge in [0, 0.05) is 12.1 Å². The normalized spacial score (nSPS) is 14.7. The van der Waals surface area contributed by atoms with Crippen molar-refractivity contribution in [2.45, 2.75) is 44.8 Å². The third-order valence-electron chi connectivity index (χ3n) is 5.15. The maximum Gasteiger partial charge on any atom is 0.305 e. The van der Waals surface area contributed by atoms with Gasteiger partial charge < -0.3 is 19.5 Å². The Balaban J connectivity index is 1.56. The van der Waals surface area contributed by atoms with Crippen LogP contribution in [0.25, 0.3) is 0 Å². The quantitative estimate of drug-likeness (QED) is 0.468. The Labute approximate surface area is 179 Å². The minimum Gasteiger partial charge on any atom is -0.493 e. The van der Waals surface area contributed by atoms with Crippen LogP contribution >= 0.6 is 0 Å². The Hall–Kier alpha value is -3.36. The Morgan fingerprint density at radius 3 is 2.61 bits per heavy atom. The third-order valence-corrected chi connectivity index (χ3v) is 5.15. The zero-order valence-corrected chi connectivity index (χ0v) is 17.4. The van der Waals surface area contributed by atoms with E-state index in [2.05, 4.69) is 5.32 Å². The van der Waals surface area contributed by atoms with Crippen molar-refractivity contribution in [1.82, 2.24) is 5.32 Å². The maximum absolute atomic E-state index is 13.6. The molecular formula is C22H25FN2O6. The van der Waals surface area contributed by atoms with Crippen molar-refractivity contribution in [3.63, 3.8) is 0 Å². The molecule has 0 radical (unpaired) electrons. The minimum absolute atomic E-state index is 0.0287. The zero-order valence-electron chi connectivity index (χ0n) is 17.4. The fourth-order valence-corrected chi connectivity index (χ4v) is 3.48. The predicted octanol–water partition coefficient (Wildman–Crippen LogP) is 4.32. The van der Waals surface area contributed by atoms with E-state index in [1.54, 1.807) is 7.11 Å². The fourth-order valence-electron chi connectivity index (χ4n) is 3.48. The van der Waals surface area contributed by atoms with Crippen LogP contribution in [0.2, 0.25) is 0 Å². The minimum atomic E-state index is -1.02. The largest absolute Gasteiger partial charge is 0.493 e. The second-order valence-electron chi connectivity index (χ2n) is 7.38. The summed E-state index contributed by atoms with van der Waals surface area (Å²) in [4.78, 5) is 22.0. The molecule has 1 aliphatic rings. The predicted molar refractivity (Wildman–Crippen MR) is 111 cm³/mol. The summed E-state index contributed by atoms with van der Waals surface area (Å²) in [7, 11) is 1.57. The Bertz CT molecular complexity index is 946. The maximum atomic E-state index is 13.6. The zero-order chi connectivity index (χ0) is 22.4. The number of carbonyl (C=O) groups is 1. The average Bonchev–Trinajstić information content (AvgIpc) is 3.25. The molecule has 1 saturated carbocycles. The second-order valence-corrected chi connectivity index (χ2v) is 7.38. The van der Waals surface area contributed by atoms with Gasteiger partial charge in [0.2, 0.25) is 5.82 Å². The molecule has 166 valence electrons. The molecule has 1 fully saturated rings. The van der Waals surface area contributed by atoms with Crippen LogP contribution < -0.4 is 19.5 Å². The topological polar surface area (TPSA) is 99.9 Å². The highest BCUT2D eigenvalue weighted by Gasteiger charge is 2.20. The lowest BCUT2D eigenvalue weighted by Crippen LogP contribution is -2.31. The van der Waals surface area contributed by atoms with Gasteiger partial charge in [0.25, 0.3) is 5.91 Å². The number of carbonyl (C=O) groups excluding carboxylic acids is 1. The lowest BCUT2D eigenvalue weighted by atomic mass is 10.1. The van der Waals surface area contributed by atoms with Crippen LogP contribution in [0, 0.1) is 15.9 Å². The van der Waals surface area contributed by atoms with Crippen molar-refractivity contribution in [3.8, 4) is 17.2 Å². The lowest BCUT2D eigenvalue weighted by molar-refractivity contribution is -0.387. The van der Waals surface area contributed by atoms with Crippen molar-refractivity contribution >= 4 is 11.6 Å². The first-order chi connectivity index (χ1) is 14.9. The molecule has 2 aromatic carbocycles. The van der Waals surface area contributed by atoms with Crippen LogP contribution in [0.4, 0.5) is 10.1 Å². The molecule has 0 bridgehead atoms. The van der Waals surface area contributed by atoms with Gasteiger partial charge in [0.15, 0.2) is 18.1 Å². The number of nitrogens with one attached hydrogen (secondary N) is 1. The van der Waals surface area contributed by atoms with Crippen molar-refractivity contribution < 1.29 is 28.3 Å². The molecule has 1 N–H and O–H groups in total. The number of ether oxygens (including phenoxy) is 3. The Morgan fingerprint density at radius 1 is 1.23 bits per heavy atom. The van der Waals surface area contributed by atoms with Gasteiger partial charge >= 0.3 is 5.69 Å². The van der Waals surface area contributed by atoms with E-state index in [4.69, 9.17) is 14.2 Å². The van der Waals surface area contributed by atoms with E-state index in [1.165, 1.54) is 18.9 Å². The van der Waals surface area contributed by atoms with Crippen molar-refractivity contribution in [2.24, 2.45) is 0 Å². The summed E-state index contributed by atoms with van der Waals surface area (Å²) < 4.78 is 30.4. The van der Waals surface area contributed by atoms with Gasteiger partial charge in [0.05, 0.1) is 24.2 Å². The highest BCUT2D eigenvalue weighted by molar-refractivity contribution is 5.78. The van der Waals surface area contributed by atoms with Gasteiger partial charge in [-0.15, -0.1) is 0 Å². The summed E-state index contributed by atoms with van der Waals surface area (Å²) in [5.74, 6) is -0.135. The smallest absolute Gasteiger partial charge is 0.305 e. The highest BCUT2D eigenvalue weighted by Crippen LogP contribution is 2.33. The van der Waals surface area contributed by atoms with E-state index in [-0.39, 0.29) is 24.5 Å². The van der Waals surface area contributed by atoms with E-state index in [0.717, 1.165) is 30.5 Å². The van der Waals surface area contributed by atoms with E-state index >= 15 is 0 Å². The molecule has 1 atom stereocenters. The number of hydrogen-bond donors (Lipinski definition) is 1. The molecule has 1 amide bonds. The molecule has 31 heavy (non-hydrogen) atoms. The molecule has 2 aromatic rings. The molecule has 0 heterocycles. The lowest BCUT2D eigenvalue weighted by Gasteiger charge is -2.19. The Kier molecular flexibility index (Phi) is 7.28. The Morgan fingerprint density at radius 2 is 1.97 bits per heavy atom. The number of rotatable bonds is 9. The van der Waals surface area contributed by atoms with E-state index in [9.17, 15) is 19.3 Å². The summed E-state index contributed by atoms with van der Waals surface area (Å²) in [5, 5.41) is 13.4. The third kappa shape index (κ3) is 5.84. The summed E-state index contributed by atoms with van der Waals surface area (Å²) in [5.41, 5.74) is 0.171. The van der Waals surface area contributed by atoms with E-state index in [0.29, 0.717) is 11.5 Å². The fraction of sp³-hybridized carbons (Fsp3) is 0.409. The second kappa shape index (κ2) is 10.1. The van der Waals surface area contributed by atoms with Gasteiger partial charge in [-0.1, -0.05) is 6.07 Å². The number of methoxy groups -OCH3 is 1. The molecular weight excluding hydrogens is 407 g/mol. The first kappa shape index (κ1) is 22.3. The van der Waals surface area contributed by atoms with Crippen LogP contribution in [-0.4, -0.2) is 30.7 Å².